The van der Waals surface area contributed by atoms with E-state index in [4.69, 9.17) is 5.11 Å². The van der Waals surface area contributed by atoms with Crippen LogP contribution < -0.4 is 5.32 Å². The Hall–Kier alpha value is -2.49. The number of carbonyl (C=O) groups is 1. The lowest BCUT2D eigenvalue weighted by molar-refractivity contribution is 0.102. The van der Waals surface area contributed by atoms with E-state index in [0.29, 0.717) is 16.8 Å². The maximum atomic E-state index is 11.9. The first kappa shape index (κ1) is 12.0. The fourth-order valence-corrected chi connectivity index (χ4v) is 1.54. The minimum absolute atomic E-state index is 0.147. The number of amides is 1. The van der Waals surface area contributed by atoms with Crippen molar-refractivity contribution in [1.82, 2.24) is 0 Å². The summed E-state index contributed by atoms with van der Waals surface area (Å²) in [6, 6.07) is 10.9. The summed E-state index contributed by atoms with van der Waals surface area (Å²) in [5, 5.41) is 21.2. The highest BCUT2D eigenvalue weighted by molar-refractivity contribution is 6.04. The predicted molar refractivity (Wildman–Crippen MR) is 68.9 cm³/mol. The molecule has 2 aromatic carbocycles. The van der Waals surface area contributed by atoms with E-state index in [1.807, 2.05) is 0 Å². The second kappa shape index (κ2) is 4.79. The minimum atomic E-state index is -0.260. The Morgan fingerprint density at radius 1 is 1.06 bits per heavy atom. The molecule has 4 heteroatoms. The van der Waals surface area contributed by atoms with Gasteiger partial charge in [-0.25, -0.2) is 0 Å². The summed E-state index contributed by atoms with van der Waals surface area (Å²) in [5.74, 6) is 0.0495. The Bertz CT molecular complexity index is 576. The van der Waals surface area contributed by atoms with Gasteiger partial charge in [0.2, 0.25) is 0 Å². The van der Waals surface area contributed by atoms with Crippen LogP contribution >= 0.6 is 0 Å². The molecule has 4 nitrogen and oxygen atoms in total. The lowest BCUT2D eigenvalue weighted by Gasteiger charge is -2.06. The van der Waals surface area contributed by atoms with Crippen LogP contribution in [0, 0.1) is 6.92 Å². The fraction of sp³-hybridized carbons (Fsp3) is 0.0714. The second-order valence-corrected chi connectivity index (χ2v) is 4.00. The molecule has 0 unspecified atom stereocenters. The van der Waals surface area contributed by atoms with Crippen molar-refractivity contribution in [3.8, 4) is 11.5 Å². The standard InChI is InChI=1S/C14H13NO3/c1-9-8-10(2-7-13(9)17)14(18)15-11-3-5-12(16)6-4-11/h2-8,16-17H,1H3,(H,15,18). The number of phenolic OH excluding ortho intramolecular Hbond substituents is 2. The zero-order chi connectivity index (χ0) is 13.1. The van der Waals surface area contributed by atoms with E-state index in [1.54, 1.807) is 31.2 Å². The van der Waals surface area contributed by atoms with Gasteiger partial charge < -0.3 is 15.5 Å². The zero-order valence-corrected chi connectivity index (χ0v) is 9.84. The van der Waals surface area contributed by atoms with Crippen LogP contribution in [-0.4, -0.2) is 16.1 Å². The van der Waals surface area contributed by atoms with Gasteiger partial charge in [-0.1, -0.05) is 0 Å². The number of phenols is 2. The van der Waals surface area contributed by atoms with Crippen LogP contribution in [0.15, 0.2) is 42.5 Å². The molecule has 0 fully saturated rings. The number of nitrogens with one attached hydrogen (secondary N) is 1. The van der Waals surface area contributed by atoms with Gasteiger partial charge >= 0.3 is 0 Å². The molecule has 0 atom stereocenters. The summed E-state index contributed by atoms with van der Waals surface area (Å²) in [6.07, 6.45) is 0. The van der Waals surface area contributed by atoms with Gasteiger partial charge in [-0.15, -0.1) is 0 Å². The maximum absolute atomic E-state index is 11.9. The molecule has 0 aromatic heterocycles. The zero-order valence-electron chi connectivity index (χ0n) is 9.84. The minimum Gasteiger partial charge on any atom is -0.508 e. The summed E-state index contributed by atoms with van der Waals surface area (Å²) in [5.41, 5.74) is 1.72. The largest absolute Gasteiger partial charge is 0.508 e. The lowest BCUT2D eigenvalue weighted by atomic mass is 10.1. The topological polar surface area (TPSA) is 69.6 Å². The van der Waals surface area contributed by atoms with Crippen LogP contribution in [0.4, 0.5) is 5.69 Å². The van der Waals surface area contributed by atoms with Crippen LogP contribution in [0.1, 0.15) is 15.9 Å². The highest BCUT2D eigenvalue weighted by Crippen LogP contribution is 2.19. The van der Waals surface area contributed by atoms with Crippen molar-refractivity contribution in [3.05, 3.63) is 53.6 Å². The number of anilines is 1. The molecule has 0 radical (unpaired) electrons. The third-order valence-corrected chi connectivity index (χ3v) is 2.58. The van der Waals surface area contributed by atoms with E-state index in [9.17, 15) is 9.90 Å². The molecule has 2 rings (SSSR count). The van der Waals surface area contributed by atoms with E-state index < -0.39 is 0 Å². The Labute approximate surface area is 105 Å². The summed E-state index contributed by atoms with van der Waals surface area (Å²) < 4.78 is 0. The Kier molecular flexibility index (Phi) is 3.19. The van der Waals surface area contributed by atoms with E-state index in [2.05, 4.69) is 5.32 Å². The van der Waals surface area contributed by atoms with E-state index >= 15 is 0 Å². The van der Waals surface area contributed by atoms with Crippen molar-refractivity contribution in [2.75, 3.05) is 5.32 Å². The number of aryl methyl sites for hydroxylation is 1. The smallest absolute Gasteiger partial charge is 0.255 e. The Morgan fingerprint density at radius 2 is 1.72 bits per heavy atom. The summed E-state index contributed by atoms with van der Waals surface area (Å²) in [4.78, 5) is 11.9. The quantitative estimate of drug-likeness (QED) is 0.710. The molecule has 0 bridgehead atoms. The van der Waals surface area contributed by atoms with E-state index in [1.165, 1.54) is 18.2 Å². The average Bonchev–Trinajstić information content (AvgIpc) is 2.35. The molecule has 92 valence electrons. The van der Waals surface area contributed by atoms with E-state index in [0.717, 1.165) is 0 Å². The molecule has 0 spiro atoms. The van der Waals surface area contributed by atoms with Crippen LogP contribution in [0.5, 0.6) is 11.5 Å². The molecular weight excluding hydrogens is 230 g/mol. The number of benzene rings is 2. The summed E-state index contributed by atoms with van der Waals surface area (Å²) in [6.45, 7) is 1.73. The van der Waals surface area contributed by atoms with Gasteiger partial charge in [-0.05, 0) is 55.0 Å². The first-order valence-corrected chi connectivity index (χ1v) is 5.46. The SMILES string of the molecule is Cc1cc(C(=O)Nc2ccc(O)cc2)ccc1O. The van der Waals surface area contributed by atoms with Gasteiger partial charge in [0.15, 0.2) is 0 Å². The molecule has 3 N–H and O–H groups in total. The van der Waals surface area contributed by atoms with Crippen molar-refractivity contribution < 1.29 is 15.0 Å². The van der Waals surface area contributed by atoms with Crippen molar-refractivity contribution in [2.24, 2.45) is 0 Å². The first-order chi connectivity index (χ1) is 8.56. The van der Waals surface area contributed by atoms with Gasteiger partial charge in [0.1, 0.15) is 11.5 Å². The number of aromatic hydroxyl groups is 2. The third-order valence-electron chi connectivity index (χ3n) is 2.58. The normalized spacial score (nSPS) is 10.1. The van der Waals surface area contributed by atoms with Gasteiger partial charge in [0.05, 0.1) is 0 Å². The fourth-order valence-electron chi connectivity index (χ4n) is 1.54. The molecule has 0 aliphatic rings. The number of carbonyl (C=O) groups excluding carboxylic acids is 1. The summed E-state index contributed by atoms with van der Waals surface area (Å²) >= 11 is 0. The highest BCUT2D eigenvalue weighted by atomic mass is 16.3. The van der Waals surface area contributed by atoms with Crippen molar-refractivity contribution in [2.45, 2.75) is 6.92 Å². The molecule has 0 saturated carbocycles. The number of hydrogen-bond donors (Lipinski definition) is 3. The highest BCUT2D eigenvalue weighted by Gasteiger charge is 2.07. The van der Waals surface area contributed by atoms with Gasteiger partial charge in [0.25, 0.3) is 5.91 Å². The van der Waals surface area contributed by atoms with Crippen LogP contribution in [0.3, 0.4) is 0 Å². The van der Waals surface area contributed by atoms with Gasteiger partial charge in [-0.2, -0.15) is 0 Å². The van der Waals surface area contributed by atoms with E-state index in [-0.39, 0.29) is 17.4 Å². The molecule has 0 aliphatic carbocycles. The van der Waals surface area contributed by atoms with Gasteiger partial charge in [-0.3, -0.25) is 4.79 Å². The predicted octanol–water partition coefficient (Wildman–Crippen LogP) is 2.66. The second-order valence-electron chi connectivity index (χ2n) is 4.00. The summed E-state index contributed by atoms with van der Waals surface area (Å²) in [7, 11) is 0. The third kappa shape index (κ3) is 2.60. The first-order valence-electron chi connectivity index (χ1n) is 5.46. The lowest BCUT2D eigenvalue weighted by Crippen LogP contribution is -2.11. The molecule has 18 heavy (non-hydrogen) atoms. The van der Waals surface area contributed by atoms with Crippen LogP contribution in [0.25, 0.3) is 0 Å². The molecule has 1 amide bonds. The molecule has 2 aromatic rings. The Balaban J connectivity index is 2.16. The van der Waals surface area contributed by atoms with Crippen LogP contribution in [0.2, 0.25) is 0 Å². The monoisotopic (exact) mass is 243 g/mol. The van der Waals surface area contributed by atoms with Gasteiger partial charge in [0, 0.05) is 11.3 Å². The average molecular weight is 243 g/mol. The van der Waals surface area contributed by atoms with Crippen molar-refractivity contribution in [3.63, 3.8) is 0 Å². The Morgan fingerprint density at radius 3 is 2.33 bits per heavy atom. The molecule has 0 aliphatic heterocycles. The maximum Gasteiger partial charge on any atom is 0.255 e. The van der Waals surface area contributed by atoms with Crippen molar-refractivity contribution >= 4 is 11.6 Å². The molecular formula is C14H13NO3. The molecule has 0 heterocycles. The number of hydrogen-bond acceptors (Lipinski definition) is 3. The number of rotatable bonds is 2. The molecule has 0 saturated heterocycles. The van der Waals surface area contributed by atoms with Crippen molar-refractivity contribution in [1.29, 1.82) is 0 Å². The van der Waals surface area contributed by atoms with Crippen LogP contribution in [-0.2, 0) is 0 Å².